The third-order valence-corrected chi connectivity index (χ3v) is 7.21. The lowest BCUT2D eigenvalue weighted by Gasteiger charge is -2.16. The summed E-state index contributed by atoms with van der Waals surface area (Å²) >= 11 is 24.4. The van der Waals surface area contributed by atoms with E-state index in [1.165, 1.54) is 103 Å². The third-order valence-electron chi connectivity index (χ3n) is 6.68. The van der Waals surface area contributed by atoms with Crippen LogP contribution in [-0.4, -0.2) is 43.6 Å². The maximum atomic E-state index is 10.6. The number of fused-ring (bicyclic) bond motifs is 1. The zero-order valence-corrected chi connectivity index (χ0v) is 54.5. The van der Waals surface area contributed by atoms with Gasteiger partial charge < -0.3 is 14.4 Å². The van der Waals surface area contributed by atoms with Gasteiger partial charge in [-0.15, -0.1) is 0 Å². The van der Waals surface area contributed by atoms with E-state index >= 15 is 0 Å². The quantitative estimate of drug-likeness (QED) is 0.162. The van der Waals surface area contributed by atoms with Crippen molar-refractivity contribution in [2.75, 3.05) is 0 Å². The Bertz CT molecular complexity index is 1840. The van der Waals surface area contributed by atoms with Crippen LogP contribution in [0.5, 0.6) is 0 Å². The van der Waals surface area contributed by atoms with Crippen molar-refractivity contribution < 1.29 is 38.4 Å². The summed E-state index contributed by atoms with van der Waals surface area (Å²) in [5.74, 6) is 0.681. The van der Waals surface area contributed by atoms with Crippen molar-refractivity contribution in [3.63, 3.8) is 0 Å². The average Bonchev–Trinajstić information content (AvgIpc) is 3.41. The van der Waals surface area contributed by atoms with Crippen molar-refractivity contribution in [3.05, 3.63) is 156 Å². The molecule has 0 N–H and O–H groups in total. The van der Waals surface area contributed by atoms with Gasteiger partial charge in [-0.1, -0.05) is 242 Å². The summed E-state index contributed by atoms with van der Waals surface area (Å²) in [6.07, 6.45) is 6.71. The number of hydrogen-bond acceptors (Lipinski definition) is 8. The highest BCUT2D eigenvalue weighted by Crippen LogP contribution is 2.25. The zero-order chi connectivity index (χ0) is 62.6. The Morgan fingerprint density at radius 1 is 0.338 bits per heavy atom. The Morgan fingerprint density at radius 3 is 0.701 bits per heavy atom. The van der Waals surface area contributed by atoms with Crippen LogP contribution in [0, 0.1) is 5.92 Å². The number of Topliss-reactive ketones (excluding diaryl/α,β-unsaturated/α-hetero) is 3. The lowest BCUT2D eigenvalue weighted by molar-refractivity contribution is -0.116. The fraction of sp³-hybridized carbons (Fsp3) is 0.438. The lowest BCUT2D eigenvalue weighted by atomic mass is 9.90. The van der Waals surface area contributed by atoms with E-state index in [0.717, 1.165) is 19.3 Å². The maximum absolute atomic E-state index is 10.6. The molecule has 1 aliphatic carbocycles. The Hall–Kier alpha value is -4.83. The van der Waals surface area contributed by atoms with Gasteiger partial charge in [-0.3, -0.25) is 24.0 Å². The molecular weight excluding hydrogens is 1070 g/mol. The molecule has 0 amide bonds. The van der Waals surface area contributed by atoms with Gasteiger partial charge in [0.2, 0.25) is 21.0 Å². The summed E-state index contributed by atoms with van der Waals surface area (Å²) in [4.78, 5) is 76.9. The van der Waals surface area contributed by atoms with Crippen molar-refractivity contribution in [1.82, 2.24) is 0 Å². The number of hydrogen-bond donors (Lipinski definition) is 0. The van der Waals surface area contributed by atoms with Crippen LogP contribution in [0.3, 0.4) is 0 Å². The van der Waals surface area contributed by atoms with Gasteiger partial charge in [0.25, 0.3) is 5.24 Å². The predicted octanol–water partition coefficient (Wildman–Crippen LogP) is 20.8. The van der Waals surface area contributed by atoms with Crippen molar-refractivity contribution in [2.24, 2.45) is 5.92 Å². The van der Waals surface area contributed by atoms with Crippen LogP contribution in [-0.2, 0) is 40.0 Å². The minimum absolute atomic E-state index is 0.130. The van der Waals surface area contributed by atoms with Gasteiger partial charge in [-0.05, 0) is 141 Å². The average molecular weight is 1170 g/mol. The van der Waals surface area contributed by atoms with Crippen molar-refractivity contribution in [1.29, 1.82) is 0 Å². The maximum Gasteiger partial charge on any atom is 0.252 e. The Morgan fingerprint density at radius 2 is 0.532 bits per heavy atom. The number of halogens is 5. The molecule has 8 nitrogen and oxygen atoms in total. The third kappa shape index (κ3) is 104. The molecule has 0 atom stereocenters. The number of carbonyl (C=O) groups is 8. The van der Waals surface area contributed by atoms with Crippen molar-refractivity contribution in [2.45, 2.75) is 184 Å². The fourth-order valence-electron chi connectivity index (χ4n) is 4.46. The smallest absolute Gasteiger partial charge is 0.252 e. The molecule has 0 radical (unpaired) electrons. The summed E-state index contributed by atoms with van der Waals surface area (Å²) in [5.41, 5.74) is 3.28. The van der Waals surface area contributed by atoms with Gasteiger partial charge in [-0.25, -0.2) is 0 Å². The predicted molar refractivity (Wildman–Crippen MR) is 340 cm³/mol. The lowest BCUT2D eigenvalue weighted by Crippen LogP contribution is -2.12. The monoisotopic (exact) mass is 1170 g/mol. The van der Waals surface area contributed by atoms with E-state index in [1.807, 2.05) is 89.2 Å². The van der Waals surface area contributed by atoms with Crippen LogP contribution in [0.2, 0.25) is 0 Å². The first-order valence-electron chi connectivity index (χ1n) is 26.3. The molecular formula is C64H99Cl5O8. The van der Waals surface area contributed by atoms with E-state index in [2.05, 4.69) is 144 Å². The molecule has 0 heterocycles. The molecule has 0 bridgehead atoms. The standard InChI is InChI=1S/C13H12.C10H8.C7H11ClO.C7H5ClO.3C3H6O.3C2H3ClO.6C2H6/c1-3-7-12(8-4-1)11-13-9-5-2-6-10-13;1-2-6-10-8-4-3-7-9(10)5-1;2*8-7(9)6-4-2-1-3-5-6;3*1-3(2)4;3*1-2(3)4;6*1-2/h1-10H,11H2;1-8H;6H,1-5H2;1-5H;3*1-2H3;3*1H3;6*1-2H3. The molecule has 438 valence electrons. The molecule has 0 unspecified atom stereocenters. The van der Waals surface area contributed by atoms with Crippen molar-refractivity contribution >= 4 is 112 Å². The summed E-state index contributed by atoms with van der Waals surface area (Å²) in [6.45, 7) is 37.0. The molecule has 13 heteroatoms. The second kappa shape index (κ2) is 80.0. The first-order valence-corrected chi connectivity index (χ1v) is 28.2. The fourth-order valence-corrected chi connectivity index (χ4v) is 4.80. The molecule has 1 aliphatic rings. The second-order valence-corrected chi connectivity index (χ2v) is 16.2. The van der Waals surface area contributed by atoms with E-state index in [1.54, 1.807) is 24.3 Å². The number of ketones is 3. The normalized spacial score (nSPS) is 9.06. The summed E-state index contributed by atoms with van der Waals surface area (Å²) in [6, 6.07) is 46.5. The van der Waals surface area contributed by atoms with Crippen LogP contribution < -0.4 is 0 Å². The topological polar surface area (TPSA) is 137 Å². The Balaban J connectivity index is -0.0000000816. The van der Waals surface area contributed by atoms with E-state index < -0.39 is 5.24 Å². The first-order chi connectivity index (χ1) is 36.4. The number of benzene rings is 5. The highest BCUT2D eigenvalue weighted by atomic mass is 35.5. The molecule has 0 aromatic heterocycles. The van der Waals surface area contributed by atoms with Crippen LogP contribution in [0.4, 0.5) is 0 Å². The molecule has 5 aromatic rings. The minimum Gasteiger partial charge on any atom is -0.300 e. The molecule has 1 fully saturated rings. The van der Waals surface area contributed by atoms with E-state index in [9.17, 15) is 38.4 Å². The molecule has 6 rings (SSSR count). The van der Waals surface area contributed by atoms with Crippen LogP contribution >= 0.6 is 58.0 Å². The SMILES string of the molecule is CC.CC.CC.CC.CC.CC.CC(=O)Cl.CC(=O)Cl.CC(=O)Cl.CC(C)=O.CC(C)=O.CC(C)=O.O=C(Cl)C1CCCCC1.O=C(Cl)c1ccccc1.c1ccc(Cc2ccccc2)cc1.c1ccc2ccccc2c1. The minimum atomic E-state index is -0.407. The van der Waals surface area contributed by atoms with Crippen LogP contribution in [0.1, 0.15) is 199 Å². The molecule has 0 saturated heterocycles. The van der Waals surface area contributed by atoms with Crippen LogP contribution in [0.15, 0.2) is 140 Å². The van der Waals surface area contributed by atoms with Gasteiger partial charge >= 0.3 is 0 Å². The van der Waals surface area contributed by atoms with Crippen molar-refractivity contribution in [3.8, 4) is 0 Å². The Labute approximate surface area is 493 Å². The first kappa shape index (κ1) is 94.6. The van der Waals surface area contributed by atoms with Gasteiger partial charge in [0, 0.05) is 32.3 Å². The highest BCUT2D eigenvalue weighted by molar-refractivity contribution is 6.67. The molecule has 1 saturated carbocycles. The molecule has 0 spiro atoms. The molecule has 5 aromatic carbocycles. The molecule has 77 heavy (non-hydrogen) atoms. The summed E-state index contributed by atoms with van der Waals surface area (Å²) in [7, 11) is 0. The van der Waals surface area contributed by atoms with E-state index in [0.29, 0.717) is 5.56 Å². The van der Waals surface area contributed by atoms with Crippen LogP contribution in [0.25, 0.3) is 10.8 Å². The van der Waals surface area contributed by atoms with Gasteiger partial charge in [0.05, 0.1) is 0 Å². The van der Waals surface area contributed by atoms with Gasteiger partial charge in [-0.2, -0.15) is 0 Å². The van der Waals surface area contributed by atoms with E-state index in [-0.39, 0.29) is 44.2 Å². The van der Waals surface area contributed by atoms with Gasteiger partial charge in [0.1, 0.15) is 17.3 Å². The summed E-state index contributed by atoms with van der Waals surface area (Å²) in [5, 5.41) is 1.00. The van der Waals surface area contributed by atoms with Gasteiger partial charge in [0.15, 0.2) is 0 Å². The summed E-state index contributed by atoms with van der Waals surface area (Å²) < 4.78 is 0. The number of carbonyl (C=O) groups excluding carboxylic acids is 8. The zero-order valence-electron chi connectivity index (χ0n) is 50.8. The second-order valence-electron chi connectivity index (χ2n) is 13.9. The molecule has 0 aliphatic heterocycles. The van der Waals surface area contributed by atoms with E-state index in [4.69, 9.17) is 23.2 Å². The largest absolute Gasteiger partial charge is 0.300 e. The Kier molecular flexibility index (Phi) is 98.3. The highest BCUT2D eigenvalue weighted by Gasteiger charge is 2.18. The number of rotatable bonds is 4.